The largest absolute Gasteiger partial charge is 0.313 e. The Morgan fingerprint density at radius 1 is 1.29 bits per heavy atom. The summed E-state index contributed by atoms with van der Waals surface area (Å²) >= 11 is 0. The highest BCUT2D eigenvalue weighted by molar-refractivity contribution is 5.27. The quantitative estimate of drug-likeness (QED) is 0.702. The smallest absolute Gasteiger partial charge is 0.0143 e. The molecule has 0 aliphatic heterocycles. The lowest BCUT2D eigenvalue weighted by atomic mass is 10.1. The SMILES string of the molecule is CCCCNC1CC1c1ccccc1. The first kappa shape index (κ1) is 9.72. The molecule has 0 bridgehead atoms. The molecule has 0 amide bonds. The summed E-state index contributed by atoms with van der Waals surface area (Å²) in [5.74, 6) is 0.785. The topological polar surface area (TPSA) is 12.0 Å². The molecule has 0 heterocycles. The Morgan fingerprint density at radius 2 is 2.07 bits per heavy atom. The third kappa shape index (κ3) is 2.36. The van der Waals surface area contributed by atoms with E-state index in [0.29, 0.717) is 0 Å². The van der Waals surface area contributed by atoms with Gasteiger partial charge < -0.3 is 5.32 Å². The predicted octanol–water partition coefficient (Wildman–Crippen LogP) is 2.93. The number of benzene rings is 1. The molecule has 14 heavy (non-hydrogen) atoms. The lowest BCUT2D eigenvalue weighted by Crippen LogP contribution is -2.18. The summed E-state index contributed by atoms with van der Waals surface area (Å²) in [5.41, 5.74) is 1.50. The highest BCUT2D eigenvalue weighted by atomic mass is 15.0. The summed E-state index contributed by atoms with van der Waals surface area (Å²) in [7, 11) is 0. The second kappa shape index (κ2) is 4.61. The van der Waals surface area contributed by atoms with Crippen LogP contribution in [0.3, 0.4) is 0 Å². The number of nitrogens with one attached hydrogen (secondary N) is 1. The molecule has 0 spiro atoms. The van der Waals surface area contributed by atoms with Crippen molar-refractivity contribution in [2.24, 2.45) is 0 Å². The van der Waals surface area contributed by atoms with E-state index < -0.39 is 0 Å². The van der Waals surface area contributed by atoms with Gasteiger partial charge in [-0.1, -0.05) is 43.7 Å². The second-order valence-corrected chi connectivity index (χ2v) is 4.17. The second-order valence-electron chi connectivity index (χ2n) is 4.17. The van der Waals surface area contributed by atoms with E-state index in [1.54, 1.807) is 0 Å². The Balaban J connectivity index is 1.76. The molecule has 0 saturated heterocycles. The molecule has 1 N–H and O–H groups in total. The summed E-state index contributed by atoms with van der Waals surface area (Å²) in [6.07, 6.45) is 3.92. The van der Waals surface area contributed by atoms with Crippen LogP contribution in [0.1, 0.15) is 37.7 Å². The zero-order chi connectivity index (χ0) is 9.80. The fourth-order valence-electron chi connectivity index (χ4n) is 1.95. The van der Waals surface area contributed by atoms with E-state index in [4.69, 9.17) is 0 Å². The van der Waals surface area contributed by atoms with E-state index in [-0.39, 0.29) is 0 Å². The number of hydrogen-bond donors (Lipinski definition) is 1. The van der Waals surface area contributed by atoms with Gasteiger partial charge in [0.05, 0.1) is 0 Å². The standard InChI is InChI=1S/C13H19N/c1-2-3-9-14-13-10-12(13)11-7-5-4-6-8-11/h4-8,12-14H,2-3,9-10H2,1H3. The third-order valence-electron chi connectivity index (χ3n) is 2.96. The van der Waals surface area contributed by atoms with Crippen molar-refractivity contribution in [3.8, 4) is 0 Å². The van der Waals surface area contributed by atoms with Gasteiger partial charge in [0, 0.05) is 12.0 Å². The fourth-order valence-corrected chi connectivity index (χ4v) is 1.95. The van der Waals surface area contributed by atoms with Gasteiger partial charge in [-0.3, -0.25) is 0 Å². The van der Waals surface area contributed by atoms with Gasteiger partial charge in [-0.15, -0.1) is 0 Å². The van der Waals surface area contributed by atoms with Crippen LogP contribution in [0.25, 0.3) is 0 Å². The number of hydrogen-bond acceptors (Lipinski definition) is 1. The van der Waals surface area contributed by atoms with Crippen LogP contribution in [-0.2, 0) is 0 Å². The van der Waals surface area contributed by atoms with E-state index in [0.717, 1.165) is 12.0 Å². The molecule has 1 fully saturated rings. The molecule has 0 aromatic heterocycles. The summed E-state index contributed by atoms with van der Waals surface area (Å²) < 4.78 is 0. The molecule has 2 unspecified atom stereocenters. The Kier molecular flexibility index (Phi) is 3.20. The summed E-state index contributed by atoms with van der Waals surface area (Å²) in [6.45, 7) is 3.42. The summed E-state index contributed by atoms with van der Waals surface area (Å²) in [4.78, 5) is 0. The average molecular weight is 189 g/mol. The van der Waals surface area contributed by atoms with Crippen LogP contribution < -0.4 is 5.32 Å². The monoisotopic (exact) mass is 189 g/mol. The summed E-state index contributed by atoms with van der Waals surface area (Å²) in [6, 6.07) is 11.6. The third-order valence-corrected chi connectivity index (χ3v) is 2.96. The van der Waals surface area contributed by atoms with Gasteiger partial charge in [0.15, 0.2) is 0 Å². The molecule has 1 nitrogen and oxygen atoms in total. The van der Waals surface area contributed by atoms with Crippen molar-refractivity contribution >= 4 is 0 Å². The van der Waals surface area contributed by atoms with Crippen molar-refractivity contribution in [3.05, 3.63) is 35.9 Å². The van der Waals surface area contributed by atoms with Gasteiger partial charge in [-0.05, 0) is 24.9 Å². The molecule has 1 aromatic carbocycles. The normalized spacial score (nSPS) is 24.9. The maximum atomic E-state index is 3.61. The molecule has 1 heteroatoms. The van der Waals surface area contributed by atoms with Gasteiger partial charge >= 0.3 is 0 Å². The van der Waals surface area contributed by atoms with E-state index >= 15 is 0 Å². The maximum Gasteiger partial charge on any atom is 0.0143 e. The van der Waals surface area contributed by atoms with Crippen LogP contribution in [0.4, 0.5) is 0 Å². The van der Waals surface area contributed by atoms with Crippen LogP contribution >= 0.6 is 0 Å². The van der Waals surface area contributed by atoms with Crippen LogP contribution in [0.15, 0.2) is 30.3 Å². The lowest BCUT2D eigenvalue weighted by molar-refractivity contribution is 0.628. The molecule has 2 rings (SSSR count). The first-order valence-electron chi connectivity index (χ1n) is 5.70. The van der Waals surface area contributed by atoms with Crippen molar-refractivity contribution in [3.63, 3.8) is 0 Å². The molecule has 0 radical (unpaired) electrons. The highest BCUT2D eigenvalue weighted by Gasteiger charge is 2.37. The van der Waals surface area contributed by atoms with Crippen molar-refractivity contribution in [1.82, 2.24) is 5.32 Å². The number of unbranched alkanes of at least 4 members (excludes halogenated alkanes) is 1. The predicted molar refractivity (Wildman–Crippen MR) is 60.5 cm³/mol. The molecule has 2 atom stereocenters. The van der Waals surface area contributed by atoms with Crippen molar-refractivity contribution in [2.75, 3.05) is 6.54 Å². The minimum absolute atomic E-state index is 0.754. The van der Waals surface area contributed by atoms with Crippen LogP contribution in [0, 0.1) is 0 Å². The maximum absolute atomic E-state index is 3.61. The molecular weight excluding hydrogens is 170 g/mol. The fraction of sp³-hybridized carbons (Fsp3) is 0.538. The first-order valence-corrected chi connectivity index (χ1v) is 5.70. The van der Waals surface area contributed by atoms with Gasteiger partial charge in [-0.2, -0.15) is 0 Å². The van der Waals surface area contributed by atoms with Gasteiger partial charge in [0.2, 0.25) is 0 Å². The molecule has 1 aliphatic rings. The van der Waals surface area contributed by atoms with E-state index in [1.807, 2.05) is 0 Å². The van der Waals surface area contributed by atoms with Gasteiger partial charge in [0.25, 0.3) is 0 Å². The van der Waals surface area contributed by atoms with E-state index in [9.17, 15) is 0 Å². The Morgan fingerprint density at radius 3 is 2.79 bits per heavy atom. The van der Waals surface area contributed by atoms with Gasteiger partial charge in [0.1, 0.15) is 0 Å². The minimum atomic E-state index is 0.754. The van der Waals surface area contributed by atoms with Crippen molar-refractivity contribution in [1.29, 1.82) is 0 Å². The van der Waals surface area contributed by atoms with E-state index in [2.05, 4.69) is 42.6 Å². The van der Waals surface area contributed by atoms with Crippen molar-refractivity contribution < 1.29 is 0 Å². The first-order chi connectivity index (χ1) is 6.92. The Hall–Kier alpha value is -0.820. The minimum Gasteiger partial charge on any atom is -0.313 e. The molecule has 1 aliphatic carbocycles. The van der Waals surface area contributed by atoms with Gasteiger partial charge in [-0.25, -0.2) is 0 Å². The Bertz CT molecular complexity index is 268. The molecule has 76 valence electrons. The highest BCUT2D eigenvalue weighted by Crippen LogP contribution is 2.40. The van der Waals surface area contributed by atoms with Crippen molar-refractivity contribution in [2.45, 2.75) is 38.1 Å². The molecule has 1 saturated carbocycles. The molecule has 1 aromatic rings. The average Bonchev–Trinajstić information content (AvgIpc) is 2.99. The molecular formula is C13H19N. The van der Waals surface area contributed by atoms with Crippen LogP contribution in [0.5, 0.6) is 0 Å². The van der Waals surface area contributed by atoms with Crippen LogP contribution in [0.2, 0.25) is 0 Å². The zero-order valence-corrected chi connectivity index (χ0v) is 8.87. The Labute approximate surface area is 86.5 Å². The summed E-state index contributed by atoms with van der Waals surface area (Å²) in [5, 5.41) is 3.61. The van der Waals surface area contributed by atoms with E-state index in [1.165, 1.54) is 31.4 Å². The zero-order valence-electron chi connectivity index (χ0n) is 8.87. The lowest BCUT2D eigenvalue weighted by Gasteiger charge is -2.02. The van der Waals surface area contributed by atoms with Crippen LogP contribution in [-0.4, -0.2) is 12.6 Å². The number of rotatable bonds is 5.